The fraction of sp³-hybridized carbons (Fsp3) is 0.542. The SMILES string of the molecule is O=C(C1CCN(S(=O)(=O)c2ccc3ccccc3c2)CC1)N1CCC(C2OCCO2)CC1. The lowest BCUT2D eigenvalue weighted by Crippen LogP contribution is -2.47. The second-order valence-electron chi connectivity index (χ2n) is 8.96. The van der Waals surface area contributed by atoms with Gasteiger partial charge in [-0.2, -0.15) is 4.31 Å². The van der Waals surface area contributed by atoms with E-state index < -0.39 is 10.0 Å². The maximum Gasteiger partial charge on any atom is 0.243 e. The molecule has 0 aliphatic carbocycles. The van der Waals surface area contributed by atoms with Gasteiger partial charge in [-0.25, -0.2) is 8.42 Å². The van der Waals surface area contributed by atoms with Crippen LogP contribution in [0.4, 0.5) is 0 Å². The summed E-state index contributed by atoms with van der Waals surface area (Å²) in [5, 5.41) is 1.93. The first-order chi connectivity index (χ1) is 15.5. The van der Waals surface area contributed by atoms with Crippen LogP contribution in [-0.2, 0) is 24.3 Å². The number of hydrogen-bond acceptors (Lipinski definition) is 5. The van der Waals surface area contributed by atoms with Crippen LogP contribution in [0.1, 0.15) is 25.7 Å². The quantitative estimate of drug-likeness (QED) is 0.704. The maximum atomic E-state index is 13.2. The number of hydrogen-bond donors (Lipinski definition) is 0. The van der Waals surface area contributed by atoms with Crippen molar-refractivity contribution in [3.63, 3.8) is 0 Å². The number of carbonyl (C=O) groups is 1. The second kappa shape index (κ2) is 9.09. The van der Waals surface area contributed by atoms with E-state index in [0.717, 1.165) is 36.7 Å². The Hall–Kier alpha value is -2.00. The second-order valence-corrected chi connectivity index (χ2v) is 10.9. The third kappa shape index (κ3) is 4.29. The molecular formula is C24H30N2O5S. The van der Waals surface area contributed by atoms with Crippen molar-refractivity contribution in [3.8, 4) is 0 Å². The molecule has 2 aromatic rings. The number of carbonyl (C=O) groups excluding carboxylic acids is 1. The lowest BCUT2D eigenvalue weighted by molar-refractivity contribution is -0.142. The molecule has 3 heterocycles. The average molecular weight is 459 g/mol. The van der Waals surface area contributed by atoms with Gasteiger partial charge in [0, 0.05) is 38.0 Å². The minimum atomic E-state index is -3.56. The van der Waals surface area contributed by atoms with Gasteiger partial charge in [0.15, 0.2) is 6.29 Å². The lowest BCUT2D eigenvalue weighted by atomic mass is 9.92. The molecule has 32 heavy (non-hydrogen) atoms. The van der Waals surface area contributed by atoms with Gasteiger partial charge in [0.2, 0.25) is 15.9 Å². The van der Waals surface area contributed by atoms with Crippen molar-refractivity contribution < 1.29 is 22.7 Å². The number of likely N-dealkylation sites (tertiary alicyclic amines) is 1. The fourth-order valence-electron chi connectivity index (χ4n) is 5.12. The Morgan fingerprint density at radius 2 is 1.50 bits per heavy atom. The average Bonchev–Trinajstić information content (AvgIpc) is 3.38. The van der Waals surface area contributed by atoms with Gasteiger partial charge in [0.05, 0.1) is 18.1 Å². The molecule has 0 radical (unpaired) electrons. The summed E-state index contributed by atoms with van der Waals surface area (Å²) in [6.45, 7) is 3.53. The van der Waals surface area contributed by atoms with Crippen molar-refractivity contribution in [1.82, 2.24) is 9.21 Å². The zero-order valence-corrected chi connectivity index (χ0v) is 19.0. The Bertz CT molecular complexity index is 1070. The summed E-state index contributed by atoms with van der Waals surface area (Å²) in [7, 11) is -3.56. The van der Waals surface area contributed by atoms with E-state index >= 15 is 0 Å². The van der Waals surface area contributed by atoms with Crippen molar-refractivity contribution in [2.24, 2.45) is 11.8 Å². The van der Waals surface area contributed by atoms with Crippen molar-refractivity contribution in [2.75, 3.05) is 39.4 Å². The normalized spacial score (nSPS) is 22.6. The highest BCUT2D eigenvalue weighted by Crippen LogP contribution is 2.30. The Morgan fingerprint density at radius 3 is 2.19 bits per heavy atom. The van der Waals surface area contributed by atoms with Gasteiger partial charge in [-0.3, -0.25) is 4.79 Å². The number of piperidine rings is 2. The highest BCUT2D eigenvalue weighted by atomic mass is 32.2. The summed E-state index contributed by atoms with van der Waals surface area (Å²) >= 11 is 0. The molecule has 172 valence electrons. The van der Waals surface area contributed by atoms with E-state index in [0.29, 0.717) is 50.0 Å². The largest absolute Gasteiger partial charge is 0.350 e. The first-order valence-corrected chi connectivity index (χ1v) is 13.0. The summed E-state index contributed by atoms with van der Waals surface area (Å²) in [4.78, 5) is 15.3. The molecule has 3 aliphatic heterocycles. The predicted molar refractivity (Wildman–Crippen MR) is 120 cm³/mol. The van der Waals surface area contributed by atoms with E-state index in [1.54, 1.807) is 12.1 Å². The number of benzene rings is 2. The summed E-state index contributed by atoms with van der Waals surface area (Å²) in [6.07, 6.45) is 2.81. The lowest BCUT2D eigenvalue weighted by Gasteiger charge is -2.37. The highest BCUT2D eigenvalue weighted by molar-refractivity contribution is 7.89. The van der Waals surface area contributed by atoms with Crippen LogP contribution in [0, 0.1) is 11.8 Å². The topological polar surface area (TPSA) is 76.2 Å². The predicted octanol–water partition coefficient (Wildman–Crippen LogP) is 2.85. The minimum Gasteiger partial charge on any atom is -0.350 e. The van der Waals surface area contributed by atoms with Crippen LogP contribution in [0.3, 0.4) is 0 Å². The molecule has 3 fully saturated rings. The maximum absolute atomic E-state index is 13.2. The Balaban J connectivity index is 1.17. The number of fused-ring (bicyclic) bond motifs is 1. The third-order valence-corrected chi connectivity index (χ3v) is 8.94. The first kappa shape index (κ1) is 21.8. The number of rotatable bonds is 4. The van der Waals surface area contributed by atoms with Crippen LogP contribution in [0.15, 0.2) is 47.4 Å². The van der Waals surface area contributed by atoms with Gasteiger partial charge in [0.1, 0.15) is 0 Å². The van der Waals surface area contributed by atoms with Crippen molar-refractivity contribution in [2.45, 2.75) is 36.9 Å². The van der Waals surface area contributed by atoms with Crippen LogP contribution in [-0.4, -0.2) is 69.2 Å². The Morgan fingerprint density at radius 1 is 0.844 bits per heavy atom. The highest BCUT2D eigenvalue weighted by Gasteiger charge is 2.36. The fourth-order valence-corrected chi connectivity index (χ4v) is 6.62. The van der Waals surface area contributed by atoms with Crippen LogP contribution in [0.5, 0.6) is 0 Å². The summed E-state index contributed by atoms with van der Waals surface area (Å²) < 4.78 is 39.1. The molecule has 0 spiro atoms. The smallest absolute Gasteiger partial charge is 0.243 e. The number of amides is 1. The van der Waals surface area contributed by atoms with Gasteiger partial charge in [-0.05, 0) is 48.6 Å². The molecule has 0 bridgehead atoms. The first-order valence-electron chi connectivity index (χ1n) is 11.5. The molecule has 3 saturated heterocycles. The molecule has 0 saturated carbocycles. The van der Waals surface area contributed by atoms with Gasteiger partial charge in [0.25, 0.3) is 0 Å². The van der Waals surface area contributed by atoms with E-state index in [-0.39, 0.29) is 18.1 Å². The summed E-state index contributed by atoms with van der Waals surface area (Å²) in [5.74, 6) is 0.420. The molecule has 0 unspecified atom stereocenters. The Kier molecular flexibility index (Phi) is 6.20. The number of ether oxygens (including phenoxy) is 2. The Labute approximate surface area is 189 Å². The van der Waals surface area contributed by atoms with Crippen LogP contribution < -0.4 is 0 Å². The van der Waals surface area contributed by atoms with E-state index in [9.17, 15) is 13.2 Å². The van der Waals surface area contributed by atoms with E-state index in [2.05, 4.69) is 0 Å². The molecule has 8 heteroatoms. The van der Waals surface area contributed by atoms with Crippen molar-refractivity contribution in [1.29, 1.82) is 0 Å². The van der Waals surface area contributed by atoms with Crippen molar-refractivity contribution >= 4 is 26.7 Å². The van der Waals surface area contributed by atoms with Gasteiger partial charge in [-0.15, -0.1) is 0 Å². The van der Waals surface area contributed by atoms with E-state index in [1.807, 2.05) is 35.2 Å². The van der Waals surface area contributed by atoms with Crippen molar-refractivity contribution in [3.05, 3.63) is 42.5 Å². The molecule has 7 nitrogen and oxygen atoms in total. The zero-order valence-electron chi connectivity index (χ0n) is 18.2. The summed E-state index contributed by atoms with van der Waals surface area (Å²) in [5.41, 5.74) is 0. The molecule has 2 aromatic carbocycles. The number of nitrogens with zero attached hydrogens (tertiary/aromatic N) is 2. The van der Waals surface area contributed by atoms with Gasteiger partial charge >= 0.3 is 0 Å². The minimum absolute atomic E-state index is 0.103. The van der Waals surface area contributed by atoms with Crippen LogP contribution >= 0.6 is 0 Å². The molecule has 0 atom stereocenters. The molecule has 1 amide bonds. The van der Waals surface area contributed by atoms with Crippen LogP contribution in [0.25, 0.3) is 10.8 Å². The third-order valence-electron chi connectivity index (χ3n) is 7.05. The standard InChI is InChI=1S/C24H30N2O5S/c27-23(25-11-7-20(8-12-25)24-30-15-16-31-24)19-9-13-26(14-10-19)32(28,29)22-6-5-18-3-1-2-4-21(18)17-22/h1-6,17,19-20,24H,7-16H2. The van der Waals surface area contributed by atoms with Gasteiger partial charge in [-0.1, -0.05) is 30.3 Å². The van der Waals surface area contributed by atoms with Crippen LogP contribution in [0.2, 0.25) is 0 Å². The van der Waals surface area contributed by atoms with Gasteiger partial charge < -0.3 is 14.4 Å². The molecule has 0 aromatic heterocycles. The monoisotopic (exact) mass is 458 g/mol. The molecule has 0 N–H and O–H groups in total. The number of sulfonamides is 1. The molecule has 3 aliphatic rings. The summed E-state index contributed by atoms with van der Waals surface area (Å²) in [6, 6.07) is 13.0. The van der Waals surface area contributed by atoms with E-state index in [1.165, 1.54) is 4.31 Å². The van der Waals surface area contributed by atoms with E-state index in [4.69, 9.17) is 9.47 Å². The zero-order chi connectivity index (χ0) is 22.1. The molecular weight excluding hydrogens is 428 g/mol. The molecule has 5 rings (SSSR count).